The Morgan fingerprint density at radius 1 is 1.52 bits per heavy atom. The van der Waals surface area contributed by atoms with Crippen LogP contribution < -0.4 is 5.32 Å². The molecule has 1 aromatic heterocycles. The highest BCUT2D eigenvalue weighted by Crippen LogP contribution is 2.18. The molecule has 1 atom stereocenters. The van der Waals surface area contributed by atoms with Crippen LogP contribution in [0.2, 0.25) is 0 Å². The van der Waals surface area contributed by atoms with Gasteiger partial charge in [0.15, 0.2) is 15.7 Å². The minimum atomic E-state index is -3.06. The number of hydrogen-bond donors (Lipinski definition) is 1. The van der Waals surface area contributed by atoms with Crippen LogP contribution in [0.15, 0.2) is 18.6 Å². The number of anilines is 1. The van der Waals surface area contributed by atoms with E-state index in [1.165, 1.54) is 30.6 Å². The molecule has 1 N–H and O–H groups in total. The smallest absolute Gasteiger partial charge is 0.323 e. The Kier molecular flexibility index (Phi) is 5.07. The van der Waals surface area contributed by atoms with E-state index in [4.69, 9.17) is 4.74 Å². The summed E-state index contributed by atoms with van der Waals surface area (Å²) in [6, 6.07) is -0.725. The maximum Gasteiger partial charge on any atom is 0.323 e. The molecule has 1 aliphatic rings. The van der Waals surface area contributed by atoms with Gasteiger partial charge in [-0.2, -0.15) is 0 Å². The highest BCUT2D eigenvalue weighted by molar-refractivity contribution is 7.91. The van der Waals surface area contributed by atoms with Crippen molar-refractivity contribution in [3.05, 3.63) is 18.6 Å². The van der Waals surface area contributed by atoms with Gasteiger partial charge in [-0.1, -0.05) is 0 Å². The van der Waals surface area contributed by atoms with E-state index in [2.05, 4.69) is 15.3 Å². The molecular weight excluding hydrogens is 296 g/mol. The maximum atomic E-state index is 12.3. The molecule has 9 heteroatoms. The van der Waals surface area contributed by atoms with Gasteiger partial charge in [0.25, 0.3) is 0 Å². The molecule has 0 aromatic carbocycles. The number of hydrogen-bond acceptors (Lipinski definition) is 6. The number of amides is 2. The highest BCUT2D eigenvalue weighted by atomic mass is 32.2. The molecule has 0 aliphatic carbocycles. The second-order valence-corrected chi connectivity index (χ2v) is 6.99. The first-order chi connectivity index (χ1) is 10.0. The zero-order chi connectivity index (χ0) is 15.3. The predicted octanol–water partition coefficient (Wildman–Crippen LogP) is 0.144. The zero-order valence-electron chi connectivity index (χ0n) is 11.7. The average Bonchev–Trinajstić information content (AvgIpc) is 2.80. The molecule has 0 radical (unpaired) electrons. The fraction of sp³-hybridized carbons (Fsp3) is 0.583. The van der Waals surface area contributed by atoms with Crippen LogP contribution >= 0.6 is 0 Å². The third-order valence-electron chi connectivity index (χ3n) is 3.24. The van der Waals surface area contributed by atoms with Gasteiger partial charge < -0.3 is 9.64 Å². The van der Waals surface area contributed by atoms with Crippen LogP contribution in [0.1, 0.15) is 6.42 Å². The van der Waals surface area contributed by atoms with Crippen molar-refractivity contribution in [3.63, 3.8) is 0 Å². The first-order valence-electron chi connectivity index (χ1n) is 6.55. The topological polar surface area (TPSA) is 101 Å². The number of ether oxygens (including phenoxy) is 1. The molecule has 1 fully saturated rings. The molecule has 8 nitrogen and oxygen atoms in total. The first kappa shape index (κ1) is 15.6. The minimum absolute atomic E-state index is 0.00932. The van der Waals surface area contributed by atoms with Gasteiger partial charge in [-0.25, -0.2) is 18.2 Å². The van der Waals surface area contributed by atoms with Crippen molar-refractivity contribution < 1.29 is 17.9 Å². The van der Waals surface area contributed by atoms with Gasteiger partial charge in [-0.15, -0.1) is 0 Å². The van der Waals surface area contributed by atoms with E-state index < -0.39 is 15.9 Å². The van der Waals surface area contributed by atoms with Gasteiger partial charge >= 0.3 is 6.03 Å². The van der Waals surface area contributed by atoms with E-state index in [1.807, 2.05) is 0 Å². The third-order valence-corrected chi connectivity index (χ3v) is 4.99. The van der Waals surface area contributed by atoms with Crippen molar-refractivity contribution in [2.24, 2.45) is 0 Å². The monoisotopic (exact) mass is 314 g/mol. The molecule has 0 bridgehead atoms. The maximum absolute atomic E-state index is 12.3. The molecule has 1 unspecified atom stereocenters. The predicted molar refractivity (Wildman–Crippen MR) is 76.7 cm³/mol. The summed E-state index contributed by atoms with van der Waals surface area (Å²) in [7, 11) is -1.53. The van der Waals surface area contributed by atoms with Gasteiger partial charge in [-0.3, -0.25) is 10.3 Å². The second kappa shape index (κ2) is 6.81. The van der Waals surface area contributed by atoms with Gasteiger partial charge in [-0.05, 0) is 6.42 Å². The van der Waals surface area contributed by atoms with Gasteiger partial charge in [0, 0.05) is 32.1 Å². The van der Waals surface area contributed by atoms with Gasteiger partial charge in [0.2, 0.25) is 0 Å². The molecule has 2 rings (SSSR count). The van der Waals surface area contributed by atoms with E-state index in [0.717, 1.165) is 0 Å². The van der Waals surface area contributed by atoms with E-state index in [-0.39, 0.29) is 17.5 Å². The third kappa shape index (κ3) is 4.36. The standard InChI is InChI=1S/C12H18N4O4S/c1-20-6-5-16(10-2-7-21(18,19)9-10)12(17)15-11-8-13-3-4-14-11/h3-4,8,10H,2,5-7,9H2,1H3,(H,14,15,17). The Morgan fingerprint density at radius 3 is 2.90 bits per heavy atom. The summed E-state index contributed by atoms with van der Waals surface area (Å²) >= 11 is 0. The summed E-state index contributed by atoms with van der Waals surface area (Å²) in [6.45, 7) is 0.660. The molecule has 1 aromatic rings. The minimum Gasteiger partial charge on any atom is -0.383 e. The molecule has 21 heavy (non-hydrogen) atoms. The van der Waals surface area contributed by atoms with Crippen molar-refractivity contribution in [3.8, 4) is 0 Å². The van der Waals surface area contributed by atoms with Crippen molar-refractivity contribution in [2.45, 2.75) is 12.5 Å². The molecule has 2 heterocycles. The Balaban J connectivity index is 2.06. The van der Waals surface area contributed by atoms with Crippen LogP contribution in [0.5, 0.6) is 0 Å². The number of nitrogens with one attached hydrogen (secondary N) is 1. The molecule has 0 spiro atoms. The lowest BCUT2D eigenvalue weighted by Gasteiger charge is -2.27. The normalized spacial score (nSPS) is 20.1. The van der Waals surface area contributed by atoms with E-state index >= 15 is 0 Å². The lowest BCUT2D eigenvalue weighted by Crippen LogP contribution is -2.45. The number of aromatic nitrogens is 2. The summed E-state index contributed by atoms with van der Waals surface area (Å²) < 4.78 is 28.2. The van der Waals surface area contributed by atoms with Crippen LogP contribution in [-0.4, -0.2) is 67.1 Å². The van der Waals surface area contributed by atoms with Crippen molar-refractivity contribution >= 4 is 21.7 Å². The summed E-state index contributed by atoms with van der Waals surface area (Å²) in [4.78, 5) is 21.6. The van der Waals surface area contributed by atoms with Crippen LogP contribution in [0.25, 0.3) is 0 Å². The Hall–Kier alpha value is -1.74. The van der Waals surface area contributed by atoms with Crippen molar-refractivity contribution in [1.29, 1.82) is 0 Å². The van der Waals surface area contributed by atoms with Crippen molar-refractivity contribution in [2.75, 3.05) is 37.1 Å². The van der Waals surface area contributed by atoms with Crippen LogP contribution in [0.4, 0.5) is 10.6 Å². The Morgan fingerprint density at radius 2 is 2.33 bits per heavy atom. The number of urea groups is 1. The molecule has 1 aliphatic heterocycles. The molecular formula is C12H18N4O4S. The Labute approximate surface area is 123 Å². The highest BCUT2D eigenvalue weighted by Gasteiger charge is 2.34. The molecule has 0 saturated carbocycles. The number of carbonyl (C=O) groups is 1. The van der Waals surface area contributed by atoms with Crippen molar-refractivity contribution in [1.82, 2.24) is 14.9 Å². The van der Waals surface area contributed by atoms with E-state index in [9.17, 15) is 13.2 Å². The van der Waals surface area contributed by atoms with E-state index in [1.54, 1.807) is 0 Å². The molecule has 116 valence electrons. The molecule has 1 saturated heterocycles. The summed E-state index contributed by atoms with van der Waals surface area (Å²) in [6.07, 6.45) is 4.84. The number of nitrogens with zero attached hydrogens (tertiary/aromatic N) is 3. The van der Waals surface area contributed by atoms with Crippen LogP contribution in [-0.2, 0) is 14.6 Å². The SMILES string of the molecule is COCCN(C(=O)Nc1cnccn1)C1CCS(=O)(=O)C1. The lowest BCUT2D eigenvalue weighted by atomic mass is 10.2. The summed E-state index contributed by atoms with van der Waals surface area (Å²) in [5, 5.41) is 2.62. The first-order valence-corrected chi connectivity index (χ1v) is 8.37. The number of sulfone groups is 1. The largest absolute Gasteiger partial charge is 0.383 e. The second-order valence-electron chi connectivity index (χ2n) is 4.76. The Bertz CT molecular complexity index is 578. The van der Waals surface area contributed by atoms with Crippen LogP contribution in [0, 0.1) is 0 Å². The summed E-state index contributed by atoms with van der Waals surface area (Å²) in [5.41, 5.74) is 0. The van der Waals surface area contributed by atoms with E-state index in [0.29, 0.717) is 25.4 Å². The fourth-order valence-corrected chi connectivity index (χ4v) is 3.94. The number of carbonyl (C=O) groups excluding carboxylic acids is 1. The quantitative estimate of drug-likeness (QED) is 0.830. The number of rotatable bonds is 5. The zero-order valence-corrected chi connectivity index (χ0v) is 12.5. The lowest BCUT2D eigenvalue weighted by molar-refractivity contribution is 0.140. The fourth-order valence-electron chi connectivity index (χ4n) is 2.21. The summed E-state index contributed by atoms with van der Waals surface area (Å²) in [5.74, 6) is 0.426. The van der Waals surface area contributed by atoms with Gasteiger partial charge in [0.1, 0.15) is 0 Å². The van der Waals surface area contributed by atoms with Crippen LogP contribution in [0.3, 0.4) is 0 Å². The average molecular weight is 314 g/mol. The molecule has 2 amide bonds. The number of methoxy groups -OCH3 is 1. The van der Waals surface area contributed by atoms with Gasteiger partial charge in [0.05, 0.1) is 24.3 Å².